The lowest BCUT2D eigenvalue weighted by Crippen LogP contribution is -2.09. The molecule has 0 fully saturated rings. The Bertz CT molecular complexity index is 379. The summed E-state index contributed by atoms with van der Waals surface area (Å²) in [5, 5.41) is 0.413. The molecule has 0 aliphatic carbocycles. The van der Waals surface area contributed by atoms with Gasteiger partial charge in [0.05, 0.1) is 12.8 Å². The molecule has 0 aromatic heterocycles. The summed E-state index contributed by atoms with van der Waals surface area (Å²) in [6.45, 7) is 4.13. The van der Waals surface area contributed by atoms with E-state index < -0.39 is 0 Å². The van der Waals surface area contributed by atoms with Gasteiger partial charge >= 0.3 is 0 Å². The predicted molar refractivity (Wildman–Crippen MR) is 77.4 cm³/mol. The van der Waals surface area contributed by atoms with Crippen molar-refractivity contribution in [2.45, 2.75) is 19.1 Å². The van der Waals surface area contributed by atoms with Crippen LogP contribution in [0.3, 0.4) is 0 Å². The van der Waals surface area contributed by atoms with Crippen LogP contribution in [0.1, 0.15) is 30.2 Å². The first-order chi connectivity index (χ1) is 8.17. The molecule has 0 heterocycles. The second-order valence-corrected chi connectivity index (χ2v) is 4.89. The van der Waals surface area contributed by atoms with Crippen LogP contribution in [0.5, 0.6) is 5.75 Å². The predicted octanol–water partition coefficient (Wildman–Crippen LogP) is 3.44. The van der Waals surface area contributed by atoms with Gasteiger partial charge in [0.1, 0.15) is 5.75 Å². The fourth-order valence-electron chi connectivity index (χ4n) is 1.65. The lowest BCUT2D eigenvalue weighted by atomic mass is 10.0. The maximum atomic E-state index is 5.57. The van der Waals surface area contributed by atoms with Gasteiger partial charge in [-0.2, -0.15) is 11.8 Å². The largest absolute Gasteiger partial charge is 0.496 e. The Morgan fingerprint density at radius 2 is 2.18 bits per heavy atom. The Morgan fingerprint density at radius 1 is 1.47 bits per heavy atom. The number of allylic oxidation sites excluding steroid dienone is 1. The lowest BCUT2D eigenvalue weighted by Gasteiger charge is -2.16. The highest BCUT2D eigenvalue weighted by molar-refractivity contribution is 7.98. The molecule has 17 heavy (non-hydrogen) atoms. The van der Waals surface area contributed by atoms with Crippen molar-refractivity contribution < 1.29 is 4.74 Å². The van der Waals surface area contributed by atoms with Crippen LogP contribution in [-0.4, -0.2) is 13.4 Å². The highest BCUT2D eigenvalue weighted by Crippen LogP contribution is 2.35. The zero-order chi connectivity index (χ0) is 12.8. The average Bonchev–Trinajstić information content (AvgIpc) is 2.38. The molecule has 1 unspecified atom stereocenters. The smallest absolute Gasteiger partial charge is 0.128 e. The van der Waals surface area contributed by atoms with Gasteiger partial charge in [-0.15, -0.1) is 0 Å². The molecule has 0 aliphatic heterocycles. The summed E-state index contributed by atoms with van der Waals surface area (Å²) in [5.41, 5.74) is 5.81. The molecular formula is C13H20N2OS. The molecule has 3 N–H and O–H groups in total. The van der Waals surface area contributed by atoms with Crippen molar-refractivity contribution in [3.8, 4) is 5.75 Å². The molecule has 1 aromatic carbocycles. The van der Waals surface area contributed by atoms with E-state index in [0.29, 0.717) is 5.25 Å². The Kier molecular flexibility index (Phi) is 5.38. The van der Waals surface area contributed by atoms with E-state index in [4.69, 9.17) is 10.6 Å². The zero-order valence-corrected chi connectivity index (χ0v) is 11.6. The number of hydrazine groups is 1. The van der Waals surface area contributed by atoms with Crippen molar-refractivity contribution in [1.82, 2.24) is 0 Å². The number of nitrogens with two attached hydrogens (primary N) is 1. The van der Waals surface area contributed by atoms with Crippen LogP contribution in [0.15, 0.2) is 18.2 Å². The highest BCUT2D eigenvalue weighted by atomic mass is 32.2. The number of nitrogens with one attached hydrogen (secondary N) is 1. The number of benzene rings is 1. The minimum absolute atomic E-state index is 0.413. The summed E-state index contributed by atoms with van der Waals surface area (Å²) < 4.78 is 5.42. The van der Waals surface area contributed by atoms with Crippen LogP contribution in [0, 0.1) is 0 Å². The molecular weight excluding hydrogens is 232 g/mol. The number of nitrogen functional groups attached to an aromatic ring is 1. The van der Waals surface area contributed by atoms with Gasteiger partial charge in [-0.05, 0) is 37.8 Å². The molecule has 4 heteroatoms. The van der Waals surface area contributed by atoms with E-state index in [1.54, 1.807) is 18.9 Å². The van der Waals surface area contributed by atoms with Gasteiger partial charge in [-0.1, -0.05) is 12.2 Å². The number of ether oxygens (including phenoxy) is 1. The summed E-state index contributed by atoms with van der Waals surface area (Å²) >= 11 is 1.79. The number of methoxy groups -OCH3 is 1. The zero-order valence-electron chi connectivity index (χ0n) is 10.8. The van der Waals surface area contributed by atoms with E-state index in [1.165, 1.54) is 5.56 Å². The minimum atomic E-state index is 0.413. The van der Waals surface area contributed by atoms with Crippen LogP contribution in [0.25, 0.3) is 6.08 Å². The topological polar surface area (TPSA) is 47.3 Å². The Balaban J connectivity index is 3.33. The molecule has 0 saturated carbocycles. The summed E-state index contributed by atoms with van der Waals surface area (Å²) in [6.07, 6.45) is 6.05. The maximum Gasteiger partial charge on any atom is 0.128 e. The van der Waals surface area contributed by atoms with Crippen molar-refractivity contribution in [2.75, 3.05) is 18.8 Å². The third kappa shape index (κ3) is 3.17. The molecule has 1 atom stereocenters. The van der Waals surface area contributed by atoms with Crippen molar-refractivity contribution in [1.29, 1.82) is 0 Å². The van der Waals surface area contributed by atoms with E-state index >= 15 is 0 Å². The van der Waals surface area contributed by atoms with E-state index in [9.17, 15) is 0 Å². The second-order valence-electron chi connectivity index (χ2n) is 3.71. The standard InChI is InChI=1S/C13H20N2OS/c1-5-6-11-12(15-14)7-10(9(2)17-4)8-13(11)16-3/h5-9,15H,14H2,1-4H3/b6-5-. The third-order valence-corrected chi connectivity index (χ3v) is 3.68. The van der Waals surface area contributed by atoms with Crippen molar-refractivity contribution >= 4 is 23.5 Å². The Morgan fingerprint density at radius 3 is 2.65 bits per heavy atom. The van der Waals surface area contributed by atoms with E-state index in [-0.39, 0.29) is 0 Å². The first-order valence-electron chi connectivity index (χ1n) is 5.52. The van der Waals surface area contributed by atoms with E-state index in [2.05, 4.69) is 30.7 Å². The van der Waals surface area contributed by atoms with Crippen LogP contribution in [0.4, 0.5) is 5.69 Å². The number of hydrogen-bond acceptors (Lipinski definition) is 4. The van der Waals surface area contributed by atoms with Crippen molar-refractivity contribution in [3.63, 3.8) is 0 Å². The number of rotatable bonds is 5. The molecule has 0 radical (unpaired) electrons. The first-order valence-corrected chi connectivity index (χ1v) is 6.80. The molecule has 1 aromatic rings. The van der Waals surface area contributed by atoms with Crippen LogP contribution in [0.2, 0.25) is 0 Å². The van der Waals surface area contributed by atoms with Crippen LogP contribution in [-0.2, 0) is 0 Å². The van der Waals surface area contributed by atoms with Gasteiger partial charge in [-0.25, -0.2) is 0 Å². The molecule has 0 amide bonds. The number of thioether (sulfide) groups is 1. The van der Waals surface area contributed by atoms with Gasteiger partial charge in [0.25, 0.3) is 0 Å². The molecule has 0 bridgehead atoms. The fourth-order valence-corrected chi connectivity index (χ4v) is 2.05. The van der Waals surface area contributed by atoms with Crippen LogP contribution >= 0.6 is 11.8 Å². The van der Waals surface area contributed by atoms with E-state index in [1.807, 2.05) is 19.1 Å². The van der Waals surface area contributed by atoms with Gasteiger partial charge in [0.2, 0.25) is 0 Å². The summed E-state index contributed by atoms with van der Waals surface area (Å²) in [6, 6.07) is 4.14. The molecule has 94 valence electrons. The minimum Gasteiger partial charge on any atom is -0.496 e. The molecule has 0 saturated heterocycles. The van der Waals surface area contributed by atoms with Crippen molar-refractivity contribution in [2.24, 2.45) is 5.84 Å². The van der Waals surface area contributed by atoms with Gasteiger partial charge in [0.15, 0.2) is 0 Å². The number of anilines is 1. The summed E-state index contributed by atoms with van der Waals surface area (Å²) in [5.74, 6) is 6.41. The SMILES string of the molecule is C/C=C\c1c(NN)cc(C(C)SC)cc1OC. The lowest BCUT2D eigenvalue weighted by molar-refractivity contribution is 0.413. The van der Waals surface area contributed by atoms with Crippen molar-refractivity contribution in [3.05, 3.63) is 29.3 Å². The summed E-state index contributed by atoms with van der Waals surface area (Å²) in [4.78, 5) is 0. The quantitative estimate of drug-likeness (QED) is 0.622. The molecule has 3 nitrogen and oxygen atoms in total. The molecule has 1 rings (SSSR count). The van der Waals surface area contributed by atoms with Crippen LogP contribution < -0.4 is 16.0 Å². The molecule has 0 aliphatic rings. The number of hydrogen-bond donors (Lipinski definition) is 2. The third-order valence-electron chi connectivity index (χ3n) is 2.70. The Hall–Kier alpha value is -1.13. The molecule has 0 spiro atoms. The van der Waals surface area contributed by atoms with E-state index in [0.717, 1.165) is 17.0 Å². The fraction of sp³-hybridized carbons (Fsp3) is 0.385. The van der Waals surface area contributed by atoms with Gasteiger partial charge < -0.3 is 10.2 Å². The monoisotopic (exact) mass is 252 g/mol. The van der Waals surface area contributed by atoms with Gasteiger partial charge in [-0.3, -0.25) is 5.84 Å². The normalized spacial score (nSPS) is 12.8. The summed E-state index contributed by atoms with van der Waals surface area (Å²) in [7, 11) is 1.68. The average molecular weight is 252 g/mol. The maximum absolute atomic E-state index is 5.57. The van der Waals surface area contributed by atoms with Gasteiger partial charge in [0, 0.05) is 10.8 Å². The second kappa shape index (κ2) is 6.57. The highest BCUT2D eigenvalue weighted by Gasteiger charge is 2.12. The first kappa shape index (κ1) is 13.9. The Labute approximate surface area is 107 Å².